The Morgan fingerprint density at radius 2 is 1.74 bits per heavy atom. The first kappa shape index (κ1) is 22.4. The van der Waals surface area contributed by atoms with Crippen molar-refractivity contribution in [3.8, 4) is 34.3 Å². The van der Waals surface area contributed by atoms with Crippen molar-refractivity contribution in [1.29, 1.82) is 0 Å². The lowest BCUT2D eigenvalue weighted by atomic mass is 10.0. The van der Waals surface area contributed by atoms with Crippen LogP contribution >= 0.6 is 0 Å². The fraction of sp³-hybridized carbons (Fsp3) is 0.280. The molecule has 0 bridgehead atoms. The molecule has 0 amide bonds. The van der Waals surface area contributed by atoms with Gasteiger partial charge in [-0.15, -0.1) is 10.2 Å². The summed E-state index contributed by atoms with van der Waals surface area (Å²) in [5.74, 6) is 0.693. The van der Waals surface area contributed by atoms with Gasteiger partial charge in [-0.25, -0.2) is 13.4 Å². The summed E-state index contributed by atoms with van der Waals surface area (Å²) in [7, 11) is -3.33. The molecule has 0 saturated carbocycles. The van der Waals surface area contributed by atoms with E-state index in [0.717, 1.165) is 24.1 Å². The third-order valence-corrected chi connectivity index (χ3v) is 8.14. The van der Waals surface area contributed by atoms with Gasteiger partial charge in [-0.05, 0) is 63.1 Å². The second-order valence-electron chi connectivity index (χ2n) is 8.59. The van der Waals surface area contributed by atoms with Crippen LogP contribution in [-0.4, -0.2) is 40.4 Å². The predicted molar refractivity (Wildman–Crippen MR) is 128 cm³/mol. The molecule has 1 saturated heterocycles. The summed E-state index contributed by atoms with van der Waals surface area (Å²) >= 11 is 0. The van der Waals surface area contributed by atoms with Gasteiger partial charge < -0.3 is 9.73 Å². The van der Waals surface area contributed by atoms with E-state index < -0.39 is 15.1 Å². The number of aromatic nitrogens is 4. The Morgan fingerprint density at radius 3 is 2.47 bits per heavy atom. The fourth-order valence-corrected chi connectivity index (χ4v) is 5.06. The van der Waals surface area contributed by atoms with Gasteiger partial charge in [-0.3, -0.25) is 4.98 Å². The average molecular weight is 476 g/mol. The van der Waals surface area contributed by atoms with Crippen molar-refractivity contribution in [1.82, 2.24) is 25.5 Å². The second-order valence-corrected chi connectivity index (χ2v) is 11.1. The fourth-order valence-electron chi connectivity index (χ4n) is 4.00. The molecule has 1 aliphatic rings. The van der Waals surface area contributed by atoms with Crippen molar-refractivity contribution in [2.24, 2.45) is 0 Å². The quantitative estimate of drug-likeness (QED) is 0.435. The van der Waals surface area contributed by atoms with E-state index in [1.165, 1.54) is 12.0 Å². The highest BCUT2D eigenvalue weighted by Gasteiger charge is 2.20. The average Bonchev–Trinajstić information content (AvgIpc) is 3.57. The van der Waals surface area contributed by atoms with Crippen molar-refractivity contribution in [2.45, 2.75) is 42.9 Å². The first-order chi connectivity index (χ1) is 16.4. The molecule has 9 heteroatoms. The minimum absolute atomic E-state index is 0.271. The van der Waals surface area contributed by atoms with Crippen LogP contribution in [0.1, 0.15) is 38.3 Å². The van der Waals surface area contributed by atoms with Gasteiger partial charge in [0.05, 0.1) is 28.2 Å². The number of hydrogen-bond acceptors (Lipinski definition) is 8. The standard InChI is InChI=1S/C25H25N5O3S/c1-16(2)34(31,32)20-10-8-17(9-11-20)22-14-26-15-23(28-22)25-30-29-24(33-25)19-6-3-5-18(13-19)21-7-4-12-27-21/h3,5-6,8-11,13-16,21,27H,4,7,12H2,1-2H3. The number of nitrogens with zero attached hydrogens (tertiary/aromatic N) is 4. The monoisotopic (exact) mass is 475 g/mol. The Morgan fingerprint density at radius 1 is 0.971 bits per heavy atom. The number of nitrogens with one attached hydrogen (secondary N) is 1. The molecule has 3 heterocycles. The van der Waals surface area contributed by atoms with E-state index in [-0.39, 0.29) is 10.8 Å². The van der Waals surface area contributed by atoms with Crippen molar-refractivity contribution in [2.75, 3.05) is 6.54 Å². The zero-order valence-electron chi connectivity index (χ0n) is 19.0. The molecule has 2 aromatic heterocycles. The van der Waals surface area contributed by atoms with Gasteiger partial charge >= 0.3 is 0 Å². The first-order valence-electron chi connectivity index (χ1n) is 11.3. The van der Waals surface area contributed by atoms with Crippen LogP contribution in [0.15, 0.2) is 70.2 Å². The highest BCUT2D eigenvalue weighted by molar-refractivity contribution is 7.92. The van der Waals surface area contributed by atoms with E-state index in [9.17, 15) is 8.42 Å². The minimum atomic E-state index is -3.33. The molecule has 1 atom stereocenters. The summed E-state index contributed by atoms with van der Waals surface area (Å²) in [4.78, 5) is 9.16. The van der Waals surface area contributed by atoms with E-state index in [1.807, 2.05) is 12.1 Å². The highest BCUT2D eigenvalue weighted by atomic mass is 32.2. The number of rotatable bonds is 6. The van der Waals surface area contributed by atoms with Crippen LogP contribution in [0.2, 0.25) is 0 Å². The zero-order chi connectivity index (χ0) is 23.7. The summed E-state index contributed by atoms with van der Waals surface area (Å²) in [6.07, 6.45) is 5.47. The van der Waals surface area contributed by atoms with E-state index >= 15 is 0 Å². The zero-order valence-corrected chi connectivity index (χ0v) is 19.8. The van der Waals surface area contributed by atoms with Gasteiger partial charge in [-0.1, -0.05) is 24.3 Å². The third kappa shape index (κ3) is 4.36. The number of benzene rings is 2. The van der Waals surface area contributed by atoms with E-state index in [4.69, 9.17) is 4.42 Å². The van der Waals surface area contributed by atoms with Crippen LogP contribution in [0, 0.1) is 0 Å². The second kappa shape index (κ2) is 9.08. The molecular weight excluding hydrogens is 450 g/mol. The molecule has 5 rings (SSSR count). The van der Waals surface area contributed by atoms with E-state index in [1.54, 1.807) is 50.5 Å². The van der Waals surface area contributed by atoms with E-state index in [2.05, 4.69) is 37.6 Å². The minimum Gasteiger partial charge on any atom is -0.415 e. The molecule has 0 aliphatic carbocycles. The molecule has 1 N–H and O–H groups in total. The SMILES string of the molecule is CC(C)S(=O)(=O)c1ccc(-c2cncc(-c3nnc(-c4cccc(C5CCCN5)c4)o3)n2)cc1. The lowest BCUT2D eigenvalue weighted by molar-refractivity contribution is 0.581. The normalized spacial score (nSPS) is 16.3. The largest absolute Gasteiger partial charge is 0.415 e. The maximum absolute atomic E-state index is 12.4. The molecule has 1 aliphatic heterocycles. The molecule has 174 valence electrons. The van der Waals surface area contributed by atoms with Crippen LogP contribution in [0.4, 0.5) is 0 Å². The van der Waals surface area contributed by atoms with Gasteiger partial charge in [0.1, 0.15) is 5.69 Å². The Labute approximate surface area is 198 Å². The molecule has 4 aromatic rings. The van der Waals surface area contributed by atoms with Crippen LogP contribution in [0.3, 0.4) is 0 Å². The maximum Gasteiger partial charge on any atom is 0.268 e. The smallest absolute Gasteiger partial charge is 0.268 e. The Hall–Kier alpha value is -3.43. The molecule has 1 fully saturated rings. The lowest BCUT2D eigenvalue weighted by Gasteiger charge is -2.10. The number of hydrogen-bond donors (Lipinski definition) is 1. The predicted octanol–water partition coefficient (Wildman–Crippen LogP) is 4.47. The summed E-state index contributed by atoms with van der Waals surface area (Å²) in [6.45, 7) is 4.36. The van der Waals surface area contributed by atoms with Gasteiger partial charge in [-0.2, -0.15) is 0 Å². The Kier molecular flexibility index (Phi) is 5.97. The molecule has 0 spiro atoms. The van der Waals surface area contributed by atoms with Gasteiger partial charge in [0.2, 0.25) is 5.89 Å². The van der Waals surface area contributed by atoms with Crippen molar-refractivity contribution >= 4 is 9.84 Å². The number of sulfone groups is 1. The summed E-state index contributed by atoms with van der Waals surface area (Å²) < 4.78 is 30.7. The Balaban J connectivity index is 1.40. The van der Waals surface area contributed by atoms with Crippen LogP contribution < -0.4 is 5.32 Å². The molecule has 34 heavy (non-hydrogen) atoms. The topological polar surface area (TPSA) is 111 Å². The molecule has 8 nitrogen and oxygen atoms in total. The molecular formula is C25H25N5O3S. The third-order valence-electron chi connectivity index (χ3n) is 5.97. The van der Waals surface area contributed by atoms with Crippen molar-refractivity contribution < 1.29 is 12.8 Å². The van der Waals surface area contributed by atoms with E-state index in [0.29, 0.717) is 23.3 Å². The van der Waals surface area contributed by atoms with Gasteiger partial charge in [0, 0.05) is 17.2 Å². The molecule has 0 radical (unpaired) electrons. The van der Waals surface area contributed by atoms with Crippen molar-refractivity contribution in [3.05, 3.63) is 66.5 Å². The van der Waals surface area contributed by atoms with Gasteiger partial charge in [0.15, 0.2) is 9.84 Å². The summed E-state index contributed by atoms with van der Waals surface area (Å²) in [5, 5.41) is 11.4. The molecule has 1 unspecified atom stereocenters. The molecule has 2 aromatic carbocycles. The first-order valence-corrected chi connectivity index (χ1v) is 12.8. The van der Waals surface area contributed by atoms with Crippen LogP contribution in [0.25, 0.3) is 34.3 Å². The highest BCUT2D eigenvalue weighted by Crippen LogP contribution is 2.29. The summed E-state index contributed by atoms with van der Waals surface area (Å²) in [5.41, 5.74) is 3.84. The van der Waals surface area contributed by atoms with Gasteiger partial charge in [0.25, 0.3) is 5.89 Å². The van der Waals surface area contributed by atoms with Crippen LogP contribution in [-0.2, 0) is 9.84 Å². The van der Waals surface area contributed by atoms with Crippen molar-refractivity contribution in [3.63, 3.8) is 0 Å². The maximum atomic E-state index is 12.4. The lowest BCUT2D eigenvalue weighted by Crippen LogP contribution is -2.13. The van der Waals surface area contributed by atoms with Crippen LogP contribution in [0.5, 0.6) is 0 Å². The Bertz CT molecular complexity index is 1410. The summed E-state index contributed by atoms with van der Waals surface area (Å²) in [6, 6.07) is 15.1.